The van der Waals surface area contributed by atoms with Crippen molar-refractivity contribution in [3.63, 3.8) is 0 Å². The Morgan fingerprint density at radius 3 is 2.89 bits per heavy atom. The molecule has 0 fully saturated rings. The molecule has 0 N–H and O–H groups in total. The molecule has 1 unspecified atom stereocenters. The number of hydrogen-bond acceptors (Lipinski definition) is 3. The third-order valence-corrected chi connectivity index (χ3v) is 3.18. The molecule has 0 aliphatic carbocycles. The Labute approximate surface area is 123 Å². The van der Waals surface area contributed by atoms with E-state index in [1.165, 1.54) is 0 Å². The first-order chi connectivity index (χ1) is 8.06. The van der Waals surface area contributed by atoms with Crippen LogP contribution in [0.15, 0.2) is 11.0 Å². The summed E-state index contributed by atoms with van der Waals surface area (Å²) >= 11 is 0. The van der Waals surface area contributed by atoms with Gasteiger partial charge in [-0.05, 0) is 20.3 Å². The summed E-state index contributed by atoms with van der Waals surface area (Å²) in [6.07, 6.45) is 3.38. The van der Waals surface area contributed by atoms with E-state index in [-0.39, 0.29) is 47.7 Å². The highest BCUT2D eigenvalue weighted by Crippen LogP contribution is 2.14. The largest absolute Gasteiger partial charge is 1.00 e. The van der Waals surface area contributed by atoms with Crippen LogP contribution in [0.4, 0.5) is 0 Å². The van der Waals surface area contributed by atoms with Gasteiger partial charge in [0, 0.05) is 0 Å². The number of hydrogen-bond donors (Lipinski definition) is 0. The maximum absolute atomic E-state index is 12.2. The molecular formula is C12H17IN2O3. The molecule has 1 aromatic rings. The minimum absolute atomic E-state index is 0. The summed E-state index contributed by atoms with van der Waals surface area (Å²) in [5, 5.41) is 0. The molecule has 100 valence electrons. The minimum Gasteiger partial charge on any atom is -1.00 e. The van der Waals surface area contributed by atoms with Gasteiger partial charge in [0.1, 0.15) is 12.2 Å². The molecule has 0 bridgehead atoms. The molecule has 0 saturated carbocycles. The van der Waals surface area contributed by atoms with Crippen molar-refractivity contribution in [2.24, 2.45) is 7.05 Å². The summed E-state index contributed by atoms with van der Waals surface area (Å²) in [5.74, 6) is 0.429. The molecule has 5 nitrogen and oxygen atoms in total. The minimum atomic E-state index is -0.539. The molecule has 0 saturated heterocycles. The van der Waals surface area contributed by atoms with E-state index in [1.807, 2.05) is 18.5 Å². The summed E-state index contributed by atoms with van der Waals surface area (Å²) in [6.45, 7) is 4.00. The molecular weight excluding hydrogens is 347 g/mol. The quantitative estimate of drug-likeness (QED) is 0.328. The fraction of sp³-hybridized carbons (Fsp3) is 0.583. The lowest BCUT2D eigenvalue weighted by Gasteiger charge is -2.06. The average Bonchev–Trinajstić information content (AvgIpc) is 2.67. The Kier molecular flexibility index (Phi) is 4.89. The summed E-state index contributed by atoms with van der Waals surface area (Å²) in [6, 6.07) is 0.151. The number of ether oxygens (including phenoxy) is 1. The van der Waals surface area contributed by atoms with Gasteiger partial charge in [0.2, 0.25) is 0 Å². The second-order valence-electron chi connectivity index (χ2n) is 4.35. The van der Waals surface area contributed by atoms with Gasteiger partial charge in [0.05, 0.1) is 20.1 Å². The average molecular weight is 364 g/mol. The van der Waals surface area contributed by atoms with Crippen LogP contribution < -0.4 is 34.1 Å². The molecule has 2 rings (SSSR count). The van der Waals surface area contributed by atoms with E-state index in [1.54, 1.807) is 17.7 Å². The van der Waals surface area contributed by atoms with Crippen molar-refractivity contribution in [2.45, 2.75) is 32.7 Å². The van der Waals surface area contributed by atoms with Gasteiger partial charge in [-0.3, -0.25) is 0 Å². The van der Waals surface area contributed by atoms with E-state index < -0.39 is 5.97 Å². The van der Waals surface area contributed by atoms with Crippen molar-refractivity contribution < 1.29 is 38.1 Å². The van der Waals surface area contributed by atoms with Crippen molar-refractivity contribution in [1.82, 2.24) is 4.57 Å². The number of carbonyl (C=O) groups is 1. The first-order valence-electron chi connectivity index (χ1n) is 5.87. The first-order valence-corrected chi connectivity index (χ1v) is 5.87. The Balaban J connectivity index is 0.00000162. The van der Waals surface area contributed by atoms with Crippen LogP contribution in [-0.4, -0.2) is 17.1 Å². The molecule has 18 heavy (non-hydrogen) atoms. The maximum Gasteiger partial charge on any atom is 0.352 e. The third kappa shape index (κ3) is 2.43. The van der Waals surface area contributed by atoms with Crippen molar-refractivity contribution in [3.8, 4) is 0 Å². The predicted molar refractivity (Wildman–Crippen MR) is 60.9 cm³/mol. The van der Waals surface area contributed by atoms with Gasteiger partial charge in [-0.1, -0.05) is 0 Å². The summed E-state index contributed by atoms with van der Waals surface area (Å²) in [5.41, 5.74) is -0.117. The molecule has 2 heterocycles. The van der Waals surface area contributed by atoms with E-state index in [0.29, 0.717) is 0 Å². The van der Waals surface area contributed by atoms with Crippen LogP contribution in [0.3, 0.4) is 0 Å². The van der Waals surface area contributed by atoms with Gasteiger partial charge in [-0.15, -0.1) is 0 Å². The number of rotatable bonds is 2. The normalized spacial score (nSPS) is 16.9. The number of aryl methyl sites for hydroxylation is 1. The second kappa shape index (κ2) is 5.81. The molecule has 0 spiro atoms. The lowest BCUT2D eigenvalue weighted by Crippen LogP contribution is -3.00. The van der Waals surface area contributed by atoms with Crippen molar-refractivity contribution in [3.05, 3.63) is 27.9 Å². The van der Waals surface area contributed by atoms with E-state index in [0.717, 1.165) is 18.7 Å². The first kappa shape index (κ1) is 15.1. The number of nitrogens with zero attached hydrogens (tertiary/aromatic N) is 2. The van der Waals surface area contributed by atoms with Gasteiger partial charge < -0.3 is 28.7 Å². The number of halogens is 1. The van der Waals surface area contributed by atoms with Crippen LogP contribution in [0.2, 0.25) is 0 Å². The Morgan fingerprint density at radius 2 is 2.28 bits per heavy atom. The molecule has 6 heteroatoms. The SMILES string of the molecule is CCOC(=O)c1cn(C)c2[n+](c1=O)C(C)CC2.[I-]. The van der Waals surface area contributed by atoms with Gasteiger partial charge in [-0.2, -0.15) is 4.57 Å². The highest BCUT2D eigenvalue weighted by atomic mass is 127. The van der Waals surface area contributed by atoms with Crippen LogP contribution in [0.25, 0.3) is 0 Å². The fourth-order valence-corrected chi connectivity index (χ4v) is 2.31. The Hall–Kier alpha value is -0.920. The Bertz CT molecular complexity index is 525. The summed E-state index contributed by atoms with van der Waals surface area (Å²) < 4.78 is 8.44. The fourth-order valence-electron chi connectivity index (χ4n) is 2.31. The molecule has 1 aliphatic rings. The van der Waals surface area contributed by atoms with E-state index in [4.69, 9.17) is 4.74 Å². The van der Waals surface area contributed by atoms with Crippen LogP contribution in [0.1, 0.15) is 42.5 Å². The molecule has 1 atom stereocenters. The smallest absolute Gasteiger partial charge is 0.352 e. The summed E-state index contributed by atoms with van der Waals surface area (Å²) in [7, 11) is 1.85. The van der Waals surface area contributed by atoms with Gasteiger partial charge in [0.25, 0.3) is 5.82 Å². The van der Waals surface area contributed by atoms with Crippen LogP contribution in [-0.2, 0) is 18.2 Å². The number of esters is 1. The monoisotopic (exact) mass is 364 g/mol. The zero-order chi connectivity index (χ0) is 12.6. The predicted octanol–water partition coefficient (Wildman–Crippen LogP) is -2.64. The van der Waals surface area contributed by atoms with Crippen LogP contribution >= 0.6 is 0 Å². The zero-order valence-corrected chi connectivity index (χ0v) is 12.9. The van der Waals surface area contributed by atoms with Crippen molar-refractivity contribution in [2.75, 3.05) is 6.61 Å². The highest BCUT2D eigenvalue weighted by molar-refractivity contribution is 5.88. The Morgan fingerprint density at radius 1 is 1.61 bits per heavy atom. The van der Waals surface area contributed by atoms with E-state index in [9.17, 15) is 9.59 Å². The molecule has 1 aromatic heterocycles. The second-order valence-corrected chi connectivity index (χ2v) is 4.35. The molecule has 0 aromatic carbocycles. The van der Waals surface area contributed by atoms with Crippen molar-refractivity contribution >= 4 is 5.97 Å². The molecule has 0 radical (unpaired) electrons. The van der Waals surface area contributed by atoms with E-state index >= 15 is 0 Å². The van der Waals surface area contributed by atoms with Gasteiger partial charge in [-0.25, -0.2) is 14.2 Å². The number of fused-ring (bicyclic) bond motifs is 1. The van der Waals surface area contributed by atoms with Crippen LogP contribution in [0, 0.1) is 0 Å². The van der Waals surface area contributed by atoms with Crippen LogP contribution in [0.5, 0.6) is 0 Å². The lowest BCUT2D eigenvalue weighted by atomic mass is 10.2. The third-order valence-electron chi connectivity index (χ3n) is 3.18. The van der Waals surface area contributed by atoms with Crippen molar-refractivity contribution in [1.29, 1.82) is 0 Å². The van der Waals surface area contributed by atoms with E-state index in [2.05, 4.69) is 0 Å². The molecule has 1 aliphatic heterocycles. The topological polar surface area (TPSA) is 52.2 Å². The number of carbonyl (C=O) groups excluding carboxylic acids is 1. The number of aromatic nitrogens is 2. The summed E-state index contributed by atoms with van der Waals surface area (Å²) in [4.78, 5) is 23.9. The van der Waals surface area contributed by atoms with Gasteiger partial charge >= 0.3 is 11.5 Å². The maximum atomic E-state index is 12.2. The standard InChI is InChI=1S/C12H17N2O3.HI/c1-4-17-12(16)9-7-13(3)10-6-5-8(2)14(10)11(9)15;/h7-8H,4-6H2,1-3H3;1H/q+1;/p-1. The lowest BCUT2D eigenvalue weighted by molar-refractivity contribution is -0.730. The highest BCUT2D eigenvalue weighted by Gasteiger charge is 2.32. The van der Waals surface area contributed by atoms with Gasteiger partial charge in [0.15, 0.2) is 5.56 Å². The zero-order valence-electron chi connectivity index (χ0n) is 10.8. The molecule has 0 amide bonds.